The lowest BCUT2D eigenvalue weighted by Gasteiger charge is -2.28. The molecule has 7 heteroatoms. The molecule has 0 unspecified atom stereocenters. The average molecular weight is 329 g/mol. The Bertz CT molecular complexity index is 703. The highest BCUT2D eigenvalue weighted by atomic mass is 15.3. The maximum atomic E-state index is 4.75. The van der Waals surface area contributed by atoms with Gasteiger partial charge in [0.15, 0.2) is 5.49 Å². The van der Waals surface area contributed by atoms with Crippen LogP contribution in [0.3, 0.4) is 0 Å². The molecule has 7 nitrogen and oxygen atoms in total. The molecule has 0 aromatic carbocycles. The summed E-state index contributed by atoms with van der Waals surface area (Å²) in [6, 6.07) is 5.93. The lowest BCUT2D eigenvalue weighted by molar-refractivity contribution is 0.441. The SMILES string of the molecule is CC(C)(C)CNc1nc(N2CCNCC2)cc(=Nn2cccc2)[nH]1. The van der Waals surface area contributed by atoms with Crippen LogP contribution in [-0.2, 0) is 0 Å². The van der Waals surface area contributed by atoms with Crippen molar-refractivity contribution >= 4 is 11.8 Å². The highest BCUT2D eigenvalue weighted by Crippen LogP contribution is 2.15. The lowest BCUT2D eigenvalue weighted by atomic mass is 9.97. The standard InChI is InChI=1S/C17H27N7/c1-17(2,3)13-19-16-20-14(22-24-8-4-5-9-24)12-15(21-16)23-10-6-18-7-11-23/h4-5,8-9,12,18H,6-7,10-11,13H2,1-3H3,(H2,19,20,21,22). The van der Waals surface area contributed by atoms with E-state index in [1.54, 1.807) is 4.68 Å². The van der Waals surface area contributed by atoms with Gasteiger partial charge in [0.1, 0.15) is 5.82 Å². The molecule has 0 atom stereocenters. The molecular formula is C17H27N7. The molecule has 1 aliphatic heterocycles. The Morgan fingerprint density at radius 3 is 2.58 bits per heavy atom. The first-order chi connectivity index (χ1) is 11.5. The summed E-state index contributed by atoms with van der Waals surface area (Å²) in [6.45, 7) is 11.3. The number of anilines is 2. The van der Waals surface area contributed by atoms with Crippen LogP contribution in [0, 0.1) is 5.41 Å². The maximum Gasteiger partial charge on any atom is 0.203 e. The van der Waals surface area contributed by atoms with Gasteiger partial charge in [0.25, 0.3) is 0 Å². The first-order valence-corrected chi connectivity index (χ1v) is 8.48. The van der Waals surface area contributed by atoms with Crippen molar-refractivity contribution in [2.24, 2.45) is 10.5 Å². The summed E-state index contributed by atoms with van der Waals surface area (Å²) in [6.07, 6.45) is 3.84. The van der Waals surface area contributed by atoms with Gasteiger partial charge in [-0.25, -0.2) is 4.68 Å². The second-order valence-corrected chi connectivity index (χ2v) is 7.29. The van der Waals surface area contributed by atoms with Gasteiger partial charge in [-0.3, -0.25) is 0 Å². The monoisotopic (exact) mass is 329 g/mol. The quantitative estimate of drug-likeness (QED) is 0.794. The minimum Gasteiger partial charge on any atom is -0.355 e. The Morgan fingerprint density at radius 2 is 1.92 bits per heavy atom. The zero-order valence-electron chi connectivity index (χ0n) is 14.7. The maximum absolute atomic E-state index is 4.75. The van der Waals surface area contributed by atoms with Crippen molar-refractivity contribution in [2.75, 3.05) is 42.9 Å². The summed E-state index contributed by atoms with van der Waals surface area (Å²) in [5.74, 6) is 1.71. The van der Waals surface area contributed by atoms with Crippen LogP contribution in [0.1, 0.15) is 20.8 Å². The van der Waals surface area contributed by atoms with Crippen molar-refractivity contribution in [2.45, 2.75) is 20.8 Å². The fourth-order valence-corrected chi connectivity index (χ4v) is 2.51. The molecule has 2 aromatic rings. The van der Waals surface area contributed by atoms with Gasteiger partial charge in [0.05, 0.1) is 0 Å². The van der Waals surface area contributed by atoms with Crippen LogP contribution in [-0.4, -0.2) is 47.4 Å². The van der Waals surface area contributed by atoms with Gasteiger partial charge in [-0.2, -0.15) is 10.1 Å². The number of hydrogen-bond acceptors (Lipinski definition) is 5. The number of piperazine rings is 1. The Balaban J connectivity index is 1.92. The van der Waals surface area contributed by atoms with E-state index in [-0.39, 0.29) is 5.41 Å². The van der Waals surface area contributed by atoms with Crippen LogP contribution in [0.25, 0.3) is 0 Å². The third kappa shape index (κ3) is 4.61. The molecule has 3 heterocycles. The molecule has 0 bridgehead atoms. The van der Waals surface area contributed by atoms with E-state index in [0.29, 0.717) is 0 Å². The molecular weight excluding hydrogens is 302 g/mol. The summed E-state index contributed by atoms with van der Waals surface area (Å²) in [5, 5.41) is 11.4. The third-order valence-electron chi connectivity index (χ3n) is 3.78. The average Bonchev–Trinajstić information content (AvgIpc) is 3.06. The van der Waals surface area contributed by atoms with Crippen LogP contribution < -0.4 is 21.0 Å². The third-order valence-corrected chi connectivity index (χ3v) is 3.78. The van der Waals surface area contributed by atoms with E-state index >= 15 is 0 Å². The molecule has 1 aliphatic rings. The van der Waals surface area contributed by atoms with E-state index < -0.39 is 0 Å². The van der Waals surface area contributed by atoms with E-state index in [4.69, 9.17) is 4.98 Å². The zero-order valence-corrected chi connectivity index (χ0v) is 14.7. The van der Waals surface area contributed by atoms with Crippen molar-refractivity contribution in [1.29, 1.82) is 0 Å². The van der Waals surface area contributed by atoms with E-state index in [9.17, 15) is 0 Å². The minimum atomic E-state index is 0.179. The molecule has 130 valence electrons. The normalized spacial score (nSPS) is 16.5. The number of aromatic nitrogens is 3. The van der Waals surface area contributed by atoms with Gasteiger partial charge in [-0.15, -0.1) is 0 Å². The summed E-state index contributed by atoms with van der Waals surface area (Å²) in [4.78, 5) is 10.3. The molecule has 0 amide bonds. The summed E-state index contributed by atoms with van der Waals surface area (Å²) < 4.78 is 1.79. The molecule has 0 aliphatic carbocycles. The van der Waals surface area contributed by atoms with Gasteiger partial charge in [-0.1, -0.05) is 20.8 Å². The fraction of sp³-hybridized carbons (Fsp3) is 0.529. The highest BCUT2D eigenvalue weighted by molar-refractivity contribution is 5.43. The summed E-state index contributed by atoms with van der Waals surface area (Å²) in [7, 11) is 0. The zero-order chi connectivity index (χ0) is 17.0. The molecule has 3 rings (SSSR count). The van der Waals surface area contributed by atoms with Crippen LogP contribution in [0.5, 0.6) is 0 Å². The number of nitrogens with one attached hydrogen (secondary N) is 3. The highest BCUT2D eigenvalue weighted by Gasteiger charge is 2.14. The van der Waals surface area contributed by atoms with Crippen molar-refractivity contribution in [3.05, 3.63) is 36.1 Å². The van der Waals surface area contributed by atoms with Crippen molar-refractivity contribution in [3.63, 3.8) is 0 Å². The number of H-pyrrole nitrogens is 1. The molecule has 0 radical (unpaired) electrons. The number of rotatable bonds is 4. The fourth-order valence-electron chi connectivity index (χ4n) is 2.51. The second kappa shape index (κ2) is 7.09. The van der Waals surface area contributed by atoms with Gasteiger partial charge in [0.2, 0.25) is 5.95 Å². The molecule has 2 aromatic heterocycles. The number of aromatic amines is 1. The number of hydrogen-bond donors (Lipinski definition) is 3. The topological polar surface area (TPSA) is 73.3 Å². The first kappa shape index (κ1) is 16.6. The van der Waals surface area contributed by atoms with Crippen molar-refractivity contribution in [3.8, 4) is 0 Å². The van der Waals surface area contributed by atoms with E-state index in [1.807, 2.05) is 30.6 Å². The Hall–Kier alpha value is -2.28. The van der Waals surface area contributed by atoms with Crippen LogP contribution in [0.15, 0.2) is 35.7 Å². The molecule has 1 fully saturated rings. The molecule has 0 spiro atoms. The molecule has 3 N–H and O–H groups in total. The largest absolute Gasteiger partial charge is 0.355 e. The van der Waals surface area contributed by atoms with Gasteiger partial charge >= 0.3 is 0 Å². The molecule has 24 heavy (non-hydrogen) atoms. The predicted octanol–water partition coefficient (Wildman–Crippen LogP) is 1.44. The summed E-state index contributed by atoms with van der Waals surface area (Å²) >= 11 is 0. The van der Waals surface area contributed by atoms with E-state index in [2.05, 4.69) is 46.4 Å². The predicted molar refractivity (Wildman–Crippen MR) is 97.0 cm³/mol. The van der Waals surface area contributed by atoms with Crippen LogP contribution in [0.4, 0.5) is 11.8 Å². The Kier molecular flexibility index (Phi) is 4.89. The van der Waals surface area contributed by atoms with Gasteiger partial charge in [0, 0.05) is 51.2 Å². The van der Waals surface area contributed by atoms with Gasteiger partial charge < -0.3 is 20.5 Å². The second-order valence-electron chi connectivity index (χ2n) is 7.29. The van der Waals surface area contributed by atoms with E-state index in [0.717, 1.165) is 50.0 Å². The minimum absolute atomic E-state index is 0.179. The Morgan fingerprint density at radius 1 is 1.21 bits per heavy atom. The molecule has 0 saturated carbocycles. The van der Waals surface area contributed by atoms with Crippen LogP contribution >= 0.6 is 0 Å². The first-order valence-electron chi connectivity index (χ1n) is 8.48. The molecule has 1 saturated heterocycles. The van der Waals surface area contributed by atoms with E-state index in [1.165, 1.54) is 0 Å². The van der Waals surface area contributed by atoms with Crippen LogP contribution in [0.2, 0.25) is 0 Å². The van der Waals surface area contributed by atoms with Crippen molar-refractivity contribution < 1.29 is 0 Å². The van der Waals surface area contributed by atoms with Crippen molar-refractivity contribution in [1.82, 2.24) is 20.0 Å². The Labute approximate surface area is 142 Å². The van der Waals surface area contributed by atoms with Gasteiger partial charge in [-0.05, 0) is 17.5 Å². The lowest BCUT2D eigenvalue weighted by Crippen LogP contribution is -2.44. The summed E-state index contributed by atoms with van der Waals surface area (Å²) in [5.41, 5.74) is 0.962. The smallest absolute Gasteiger partial charge is 0.203 e. The number of nitrogens with zero attached hydrogens (tertiary/aromatic N) is 4.